The summed E-state index contributed by atoms with van der Waals surface area (Å²) in [5.41, 5.74) is 3.88. The van der Waals surface area contributed by atoms with Gasteiger partial charge in [-0.25, -0.2) is 9.97 Å². The Balaban J connectivity index is 0.00000156. The Bertz CT molecular complexity index is 1490. The van der Waals surface area contributed by atoms with E-state index in [-0.39, 0.29) is 5.56 Å². The van der Waals surface area contributed by atoms with E-state index in [9.17, 15) is 4.79 Å². The molecule has 0 saturated heterocycles. The van der Waals surface area contributed by atoms with Gasteiger partial charge >= 0.3 is 5.56 Å². The molecule has 5 aromatic rings. The Morgan fingerprint density at radius 3 is 2.38 bits per heavy atom. The van der Waals surface area contributed by atoms with Crippen LogP contribution in [0.4, 0.5) is 11.6 Å². The Labute approximate surface area is 216 Å². The van der Waals surface area contributed by atoms with E-state index in [0.717, 1.165) is 17.7 Å². The van der Waals surface area contributed by atoms with Gasteiger partial charge in [0.05, 0.1) is 12.9 Å². The van der Waals surface area contributed by atoms with E-state index in [0.29, 0.717) is 41.8 Å². The molecular weight excluding hydrogens is 464 g/mol. The highest BCUT2D eigenvalue weighted by Crippen LogP contribution is 2.24. The lowest BCUT2D eigenvalue weighted by molar-refractivity contribution is 0.463. The van der Waals surface area contributed by atoms with Crippen LogP contribution in [0.5, 0.6) is 11.6 Å². The highest BCUT2D eigenvalue weighted by Gasteiger charge is 2.16. The first-order valence-electron chi connectivity index (χ1n) is 12.6. The molecule has 8 nitrogen and oxygen atoms in total. The molecule has 0 atom stereocenters. The van der Waals surface area contributed by atoms with Crippen molar-refractivity contribution in [2.24, 2.45) is 0 Å². The van der Waals surface area contributed by atoms with E-state index in [1.165, 1.54) is 5.56 Å². The standard InChI is InChI=1S/C27H26N6O2.C2H6/c1-3-16-32-18-29-25-24(32)26(34)31-27(33(25)17-20-9-7-19(2)8-10-20)30-21-11-13-22(14-12-21)35-23-6-4-5-15-28-23;1-2/h4-15,18H,3,16-17H2,1-2H3,(H,30,31,34);1-2H3. The third-order valence-corrected chi connectivity index (χ3v) is 5.64. The van der Waals surface area contributed by atoms with Crippen molar-refractivity contribution in [1.82, 2.24) is 24.1 Å². The third kappa shape index (κ3) is 6.03. The fourth-order valence-electron chi connectivity index (χ4n) is 3.89. The van der Waals surface area contributed by atoms with E-state index >= 15 is 0 Å². The van der Waals surface area contributed by atoms with Gasteiger partial charge in [0.2, 0.25) is 11.8 Å². The third-order valence-electron chi connectivity index (χ3n) is 5.64. The maximum Gasteiger partial charge on any atom is 0.300 e. The summed E-state index contributed by atoms with van der Waals surface area (Å²) in [6, 6.07) is 21.2. The number of pyridine rings is 1. The van der Waals surface area contributed by atoms with Crippen LogP contribution in [0.2, 0.25) is 0 Å². The molecule has 0 spiro atoms. The molecule has 0 aliphatic carbocycles. The lowest BCUT2D eigenvalue weighted by Gasteiger charge is -2.16. The van der Waals surface area contributed by atoms with Gasteiger partial charge in [-0.05, 0) is 49.2 Å². The van der Waals surface area contributed by atoms with Crippen molar-refractivity contribution in [2.75, 3.05) is 5.32 Å². The number of nitrogens with zero attached hydrogens (tertiary/aromatic N) is 5. The number of anilines is 2. The van der Waals surface area contributed by atoms with E-state index in [1.807, 2.05) is 59.4 Å². The van der Waals surface area contributed by atoms with Crippen molar-refractivity contribution >= 4 is 22.8 Å². The number of aromatic nitrogens is 5. The zero-order chi connectivity index (χ0) is 26.2. The van der Waals surface area contributed by atoms with Crippen molar-refractivity contribution < 1.29 is 4.74 Å². The number of hydrogen-bond acceptors (Lipinski definition) is 6. The molecule has 0 aliphatic rings. The molecule has 0 aliphatic heterocycles. The summed E-state index contributed by atoms with van der Waals surface area (Å²) < 4.78 is 9.60. The van der Waals surface area contributed by atoms with Crippen molar-refractivity contribution in [1.29, 1.82) is 0 Å². The predicted octanol–water partition coefficient (Wildman–Crippen LogP) is 6.32. The average molecular weight is 497 g/mol. The van der Waals surface area contributed by atoms with Crippen LogP contribution < -0.4 is 15.6 Å². The largest absolute Gasteiger partial charge is 0.439 e. The van der Waals surface area contributed by atoms with E-state index < -0.39 is 0 Å². The summed E-state index contributed by atoms with van der Waals surface area (Å²) in [6.45, 7) is 9.36. The van der Waals surface area contributed by atoms with Gasteiger partial charge in [-0.3, -0.25) is 9.36 Å². The monoisotopic (exact) mass is 496 g/mol. The lowest BCUT2D eigenvalue weighted by atomic mass is 10.1. The van der Waals surface area contributed by atoms with Crippen molar-refractivity contribution in [3.63, 3.8) is 0 Å². The topological polar surface area (TPSA) is 86.9 Å². The number of fused-ring (bicyclic) bond motifs is 1. The Hall–Kier alpha value is -4.46. The van der Waals surface area contributed by atoms with Crippen molar-refractivity contribution in [3.05, 3.63) is 101 Å². The van der Waals surface area contributed by atoms with Crippen LogP contribution in [-0.2, 0) is 13.1 Å². The zero-order valence-corrected chi connectivity index (χ0v) is 21.7. The number of imidazole rings is 1. The second-order valence-electron chi connectivity index (χ2n) is 8.34. The molecule has 0 bridgehead atoms. The number of rotatable bonds is 8. The van der Waals surface area contributed by atoms with E-state index in [4.69, 9.17) is 4.74 Å². The normalized spacial score (nSPS) is 10.6. The first-order chi connectivity index (χ1) is 18.1. The SMILES string of the molecule is CC.CCCn1cnc2c1c(=O)nc(Nc1ccc(Oc3ccccn3)cc1)n2Cc1ccc(C)cc1. The van der Waals surface area contributed by atoms with Crippen LogP contribution in [-0.4, -0.2) is 24.1 Å². The number of benzene rings is 2. The van der Waals surface area contributed by atoms with Crippen molar-refractivity contribution in [3.8, 4) is 11.6 Å². The summed E-state index contributed by atoms with van der Waals surface area (Å²) in [5.74, 6) is 1.62. The van der Waals surface area contributed by atoms with Gasteiger partial charge in [-0.2, -0.15) is 4.98 Å². The van der Waals surface area contributed by atoms with Gasteiger partial charge in [-0.15, -0.1) is 0 Å². The number of hydrogen-bond donors (Lipinski definition) is 1. The molecular formula is C29H32N6O2. The van der Waals surface area contributed by atoms with E-state index in [2.05, 4.69) is 58.4 Å². The summed E-state index contributed by atoms with van der Waals surface area (Å²) in [6.07, 6.45) is 4.30. The maximum absolute atomic E-state index is 13.0. The van der Waals surface area contributed by atoms with Gasteiger partial charge in [0, 0.05) is 24.5 Å². The Morgan fingerprint density at radius 2 is 1.70 bits per heavy atom. The smallest absolute Gasteiger partial charge is 0.300 e. The fraction of sp³-hybridized carbons (Fsp3) is 0.241. The summed E-state index contributed by atoms with van der Waals surface area (Å²) in [4.78, 5) is 26.2. The summed E-state index contributed by atoms with van der Waals surface area (Å²) in [7, 11) is 0. The van der Waals surface area contributed by atoms with Crippen LogP contribution in [0.15, 0.2) is 84.0 Å². The number of aryl methyl sites for hydroxylation is 2. The molecule has 3 heterocycles. The fourth-order valence-corrected chi connectivity index (χ4v) is 3.89. The summed E-state index contributed by atoms with van der Waals surface area (Å²) >= 11 is 0. The zero-order valence-electron chi connectivity index (χ0n) is 21.7. The molecule has 0 saturated carbocycles. The molecule has 3 aromatic heterocycles. The quantitative estimate of drug-likeness (QED) is 0.271. The molecule has 2 aromatic carbocycles. The lowest BCUT2D eigenvalue weighted by Crippen LogP contribution is -2.20. The van der Waals surface area contributed by atoms with Crippen LogP contribution in [0.1, 0.15) is 38.3 Å². The molecule has 0 amide bonds. The van der Waals surface area contributed by atoms with Gasteiger partial charge in [-0.1, -0.05) is 56.7 Å². The maximum atomic E-state index is 13.0. The molecule has 0 unspecified atom stereocenters. The Morgan fingerprint density at radius 1 is 0.946 bits per heavy atom. The molecule has 37 heavy (non-hydrogen) atoms. The predicted molar refractivity (Wildman–Crippen MR) is 148 cm³/mol. The molecule has 1 N–H and O–H groups in total. The van der Waals surface area contributed by atoms with Gasteiger partial charge < -0.3 is 14.6 Å². The minimum Gasteiger partial charge on any atom is -0.439 e. The molecule has 0 radical (unpaired) electrons. The van der Waals surface area contributed by atoms with Crippen molar-refractivity contribution in [2.45, 2.75) is 47.2 Å². The van der Waals surface area contributed by atoms with Gasteiger partial charge in [0.15, 0.2) is 11.2 Å². The molecule has 5 rings (SSSR count). The number of nitrogens with one attached hydrogen (secondary N) is 1. The second kappa shape index (κ2) is 12.0. The van der Waals surface area contributed by atoms with Gasteiger partial charge in [0.25, 0.3) is 0 Å². The average Bonchev–Trinajstić information content (AvgIpc) is 3.35. The van der Waals surface area contributed by atoms with Gasteiger partial charge in [0.1, 0.15) is 5.75 Å². The van der Waals surface area contributed by atoms with Crippen LogP contribution >= 0.6 is 0 Å². The molecule has 8 heteroatoms. The Kier molecular flexibility index (Phi) is 8.30. The summed E-state index contributed by atoms with van der Waals surface area (Å²) in [5, 5.41) is 3.30. The highest BCUT2D eigenvalue weighted by atomic mass is 16.5. The van der Waals surface area contributed by atoms with Crippen LogP contribution in [0.25, 0.3) is 11.2 Å². The van der Waals surface area contributed by atoms with E-state index in [1.54, 1.807) is 18.6 Å². The number of ether oxygens (including phenoxy) is 1. The first-order valence-corrected chi connectivity index (χ1v) is 12.6. The minimum atomic E-state index is -0.302. The first kappa shape index (κ1) is 25.6. The second-order valence-corrected chi connectivity index (χ2v) is 8.34. The molecule has 190 valence electrons. The van der Waals surface area contributed by atoms with Crippen LogP contribution in [0, 0.1) is 6.92 Å². The molecule has 0 fully saturated rings. The van der Waals surface area contributed by atoms with Crippen LogP contribution in [0.3, 0.4) is 0 Å². The minimum absolute atomic E-state index is 0.302. The highest BCUT2D eigenvalue weighted by molar-refractivity contribution is 5.73.